The number of sulfonamides is 1. The quantitative estimate of drug-likeness (QED) is 0.0760. The molecule has 0 spiro atoms. The van der Waals surface area contributed by atoms with Gasteiger partial charge in [-0.25, -0.2) is 8.42 Å². The molecule has 3 rings (SSSR count). The van der Waals surface area contributed by atoms with Gasteiger partial charge in [0.2, 0.25) is 10.0 Å². The number of unbranched alkanes of at least 4 members (excludes halogenated alkanes) is 3. The van der Waals surface area contributed by atoms with E-state index in [-0.39, 0.29) is 17.9 Å². The van der Waals surface area contributed by atoms with Crippen molar-refractivity contribution in [2.45, 2.75) is 56.4 Å². The number of ether oxygens (including phenoxy) is 2. The minimum absolute atomic E-state index is 0.0977. The molecule has 0 aromatic heterocycles. The van der Waals surface area contributed by atoms with Crippen LogP contribution in [0, 0.1) is 6.92 Å². The molecule has 0 saturated heterocycles. The van der Waals surface area contributed by atoms with E-state index < -0.39 is 21.9 Å². The summed E-state index contributed by atoms with van der Waals surface area (Å²) >= 11 is 0. The summed E-state index contributed by atoms with van der Waals surface area (Å²) in [6.07, 6.45) is 3.82. The molecule has 11 nitrogen and oxygen atoms in total. The molecule has 0 heterocycles. The fourth-order valence-corrected chi connectivity index (χ4v) is 6.20. The van der Waals surface area contributed by atoms with Crippen LogP contribution in [0.15, 0.2) is 59.5 Å². The average molecular weight is 628 g/mol. The Hall–Kier alpha value is -3.84. The highest BCUT2D eigenvalue weighted by Crippen LogP contribution is 2.39. The van der Waals surface area contributed by atoms with Crippen molar-refractivity contribution in [3.8, 4) is 11.5 Å². The van der Waals surface area contributed by atoms with E-state index in [1.54, 1.807) is 43.4 Å². The normalized spacial score (nSPS) is 12.2. The Kier molecular flexibility index (Phi) is 12.8. The predicted octanol–water partition coefficient (Wildman–Crippen LogP) is 4.66. The van der Waals surface area contributed by atoms with Crippen molar-refractivity contribution >= 4 is 27.4 Å². The fourth-order valence-electron chi connectivity index (χ4n) is 5.05. The smallest absolute Gasteiger partial charge is 0.304 e. The first-order chi connectivity index (χ1) is 21.0. The highest BCUT2D eigenvalue weighted by Gasteiger charge is 2.25. The van der Waals surface area contributed by atoms with E-state index >= 15 is 0 Å². The van der Waals surface area contributed by atoms with Crippen molar-refractivity contribution in [3.05, 3.63) is 76.9 Å². The molecule has 0 amide bonds. The van der Waals surface area contributed by atoms with E-state index in [2.05, 4.69) is 10.7 Å². The second kappa shape index (κ2) is 16.3. The van der Waals surface area contributed by atoms with Gasteiger partial charge in [0.15, 0.2) is 0 Å². The van der Waals surface area contributed by atoms with Gasteiger partial charge in [-0.05, 0) is 85.0 Å². The first-order valence-corrected chi connectivity index (χ1v) is 16.1. The number of carboxylic acid groups (broad SMARTS) is 1. The molecule has 3 aromatic rings. The molecule has 0 aliphatic carbocycles. The Morgan fingerprint density at radius 2 is 1.73 bits per heavy atom. The Morgan fingerprint density at radius 1 is 1.02 bits per heavy atom. The third-order valence-electron chi connectivity index (χ3n) is 7.60. The lowest BCUT2D eigenvalue weighted by Gasteiger charge is -2.23. The fraction of sp³-hybridized carbons (Fsp3) is 0.406. The maximum atomic E-state index is 13.5. The van der Waals surface area contributed by atoms with Crippen molar-refractivity contribution in [2.75, 3.05) is 45.1 Å². The minimum atomic E-state index is -3.81. The zero-order valence-corrected chi connectivity index (χ0v) is 26.7. The van der Waals surface area contributed by atoms with E-state index in [0.29, 0.717) is 41.6 Å². The van der Waals surface area contributed by atoms with E-state index in [1.807, 2.05) is 25.1 Å². The Bertz CT molecular complexity index is 1470. The van der Waals surface area contributed by atoms with E-state index in [9.17, 15) is 18.3 Å². The maximum absolute atomic E-state index is 13.5. The largest absolute Gasteiger partial charge is 0.494 e. The Balaban J connectivity index is 1.83. The number of hydrogen-bond donors (Lipinski definition) is 5. The Labute approximate surface area is 260 Å². The summed E-state index contributed by atoms with van der Waals surface area (Å²) in [6, 6.07) is 15.6. The van der Waals surface area contributed by atoms with Gasteiger partial charge in [-0.2, -0.15) is 4.31 Å². The number of aryl methyl sites for hydroxylation is 1. The zero-order chi connectivity index (χ0) is 32.3. The number of hydrogen-bond acceptors (Lipinski definition) is 9. The van der Waals surface area contributed by atoms with Crippen molar-refractivity contribution < 1.29 is 27.8 Å². The molecule has 0 saturated carbocycles. The summed E-state index contributed by atoms with van der Waals surface area (Å²) in [6.45, 7) is 3.25. The number of nitrogen functional groups attached to an aromatic ring is 1. The van der Waals surface area contributed by atoms with Gasteiger partial charge in [0.1, 0.15) is 17.2 Å². The number of aliphatic carboxylic acids is 1. The van der Waals surface area contributed by atoms with Crippen LogP contribution in [0.1, 0.15) is 60.3 Å². The summed E-state index contributed by atoms with van der Waals surface area (Å²) in [4.78, 5) is 12.1. The third kappa shape index (κ3) is 8.85. The molecule has 12 heteroatoms. The van der Waals surface area contributed by atoms with Crippen LogP contribution in [0.4, 0.5) is 11.4 Å². The highest BCUT2D eigenvalue weighted by atomic mass is 32.2. The number of nitrogens with zero attached hydrogens (tertiary/aromatic N) is 1. The number of anilines is 2. The summed E-state index contributed by atoms with van der Waals surface area (Å²) in [5, 5.41) is 12.8. The van der Waals surface area contributed by atoms with Gasteiger partial charge in [0, 0.05) is 26.6 Å². The molecule has 0 radical (unpaired) electrons. The number of hydrazine groups is 1. The van der Waals surface area contributed by atoms with Crippen LogP contribution in [0.2, 0.25) is 0 Å². The lowest BCUT2D eigenvalue weighted by Crippen LogP contribution is -2.27. The number of benzene rings is 3. The van der Waals surface area contributed by atoms with Crippen LogP contribution in [0.25, 0.3) is 0 Å². The third-order valence-corrected chi connectivity index (χ3v) is 9.42. The molecule has 0 bridgehead atoms. The van der Waals surface area contributed by atoms with Gasteiger partial charge < -0.3 is 31.1 Å². The van der Waals surface area contributed by atoms with Crippen LogP contribution >= 0.6 is 0 Å². The Morgan fingerprint density at radius 3 is 2.34 bits per heavy atom. The molecule has 44 heavy (non-hydrogen) atoms. The number of rotatable bonds is 18. The number of methoxy groups -OCH3 is 1. The van der Waals surface area contributed by atoms with E-state index in [1.165, 1.54) is 18.5 Å². The lowest BCUT2D eigenvalue weighted by atomic mass is 9.86. The molecule has 0 fully saturated rings. The topological polar surface area (TPSA) is 169 Å². The van der Waals surface area contributed by atoms with Crippen LogP contribution in [0.5, 0.6) is 11.5 Å². The van der Waals surface area contributed by atoms with Gasteiger partial charge >= 0.3 is 5.97 Å². The van der Waals surface area contributed by atoms with Crippen molar-refractivity contribution in [2.24, 2.45) is 11.6 Å². The van der Waals surface area contributed by atoms with Crippen molar-refractivity contribution in [1.29, 1.82) is 0 Å². The molecule has 7 N–H and O–H groups in total. The molecular formula is C32H45N5O6S. The van der Waals surface area contributed by atoms with Crippen LogP contribution in [0.3, 0.4) is 0 Å². The number of carbonyl (C=O) groups is 1. The second-order valence-corrected chi connectivity index (χ2v) is 12.7. The number of carboxylic acids is 1. The van der Waals surface area contributed by atoms with E-state index in [0.717, 1.165) is 42.4 Å². The SMILES string of the molecule is CNc1c(NN)cc(C(CC(=O)O)c2ccc(C)c(CN(C)S(=O)(=O)c3ccc(OCCCCCCN)cc3)c2)cc1OC. The standard InChI is InChI=1S/C32H45N5O6S/c1-22-9-10-23(28(20-31(38)39)24-18-29(36-34)32(35-2)30(19-24)42-4)17-25(22)21-37(3)44(40,41)27-13-11-26(12-14-27)43-16-8-6-5-7-15-33/h9-14,17-19,28,35-36H,5-8,15-16,20-21,33-34H2,1-4H3,(H,38,39). The molecule has 1 atom stereocenters. The van der Waals surface area contributed by atoms with Gasteiger partial charge in [0.05, 0.1) is 30.7 Å². The number of nitrogens with two attached hydrogens (primary N) is 2. The molecule has 0 aliphatic heterocycles. The predicted molar refractivity (Wildman–Crippen MR) is 174 cm³/mol. The first kappa shape index (κ1) is 34.6. The van der Waals surface area contributed by atoms with Crippen molar-refractivity contribution in [1.82, 2.24) is 4.31 Å². The van der Waals surface area contributed by atoms with Crippen LogP contribution in [-0.4, -0.2) is 58.2 Å². The summed E-state index contributed by atoms with van der Waals surface area (Å²) < 4.78 is 39.5. The average Bonchev–Trinajstić information content (AvgIpc) is 3.02. The first-order valence-electron chi connectivity index (χ1n) is 14.6. The summed E-state index contributed by atoms with van der Waals surface area (Å²) in [5.41, 5.74) is 12.4. The van der Waals surface area contributed by atoms with Gasteiger partial charge in [-0.1, -0.05) is 31.0 Å². The van der Waals surface area contributed by atoms with Crippen LogP contribution < -0.4 is 31.8 Å². The number of nitrogens with one attached hydrogen (secondary N) is 2. The van der Waals surface area contributed by atoms with Gasteiger partial charge in [-0.15, -0.1) is 0 Å². The maximum Gasteiger partial charge on any atom is 0.304 e. The van der Waals surface area contributed by atoms with Gasteiger partial charge in [0.25, 0.3) is 0 Å². The second-order valence-electron chi connectivity index (χ2n) is 10.7. The molecule has 1 unspecified atom stereocenters. The molecule has 0 aliphatic rings. The zero-order valence-electron chi connectivity index (χ0n) is 25.9. The van der Waals surface area contributed by atoms with Crippen molar-refractivity contribution in [3.63, 3.8) is 0 Å². The summed E-state index contributed by atoms with van der Waals surface area (Å²) in [5.74, 6) is 5.36. The highest BCUT2D eigenvalue weighted by molar-refractivity contribution is 7.89. The van der Waals surface area contributed by atoms with Crippen LogP contribution in [-0.2, 0) is 21.4 Å². The molecule has 240 valence electrons. The molecule has 3 aromatic carbocycles. The lowest BCUT2D eigenvalue weighted by molar-refractivity contribution is -0.137. The van der Waals surface area contributed by atoms with Gasteiger partial charge in [-0.3, -0.25) is 10.6 Å². The monoisotopic (exact) mass is 627 g/mol. The van der Waals surface area contributed by atoms with E-state index in [4.69, 9.17) is 21.1 Å². The minimum Gasteiger partial charge on any atom is -0.494 e. The molecular weight excluding hydrogens is 582 g/mol. The summed E-state index contributed by atoms with van der Waals surface area (Å²) in [7, 11) is 0.983.